The molecule has 1 aromatic carbocycles. The van der Waals surface area contributed by atoms with Gasteiger partial charge in [-0.25, -0.2) is 4.99 Å². The lowest BCUT2D eigenvalue weighted by molar-refractivity contribution is 0.00589. The lowest BCUT2D eigenvalue weighted by Gasteiger charge is -2.43. The first-order valence-corrected chi connectivity index (χ1v) is 12.8. The van der Waals surface area contributed by atoms with Crippen LogP contribution in [0.3, 0.4) is 0 Å². The van der Waals surface area contributed by atoms with Crippen LogP contribution in [0, 0.1) is 5.92 Å². The number of likely N-dealkylation sites (N-methyl/N-ethyl adjacent to an activating group) is 2. The summed E-state index contributed by atoms with van der Waals surface area (Å²) in [5.41, 5.74) is 0.685. The number of likely N-dealkylation sites (tertiary alicyclic amines) is 1. The molecule has 1 aromatic rings. The van der Waals surface area contributed by atoms with Crippen molar-refractivity contribution in [3.8, 4) is 0 Å². The molecule has 0 spiro atoms. The minimum atomic E-state index is -0.413. The first kappa shape index (κ1) is 25.3. The van der Waals surface area contributed by atoms with Crippen molar-refractivity contribution in [1.29, 1.82) is 0 Å². The van der Waals surface area contributed by atoms with Gasteiger partial charge in [0, 0.05) is 44.9 Å². The molecule has 1 N–H and O–H groups in total. The minimum Gasteiger partial charge on any atom is -0.378 e. The Balaban J connectivity index is 1.65. The monoisotopic (exact) mass is 476 g/mol. The molecule has 1 saturated heterocycles. The number of fused-ring (bicyclic) bond motifs is 1. The number of benzene rings is 1. The Morgan fingerprint density at radius 2 is 2.00 bits per heavy atom. The summed E-state index contributed by atoms with van der Waals surface area (Å²) in [6.07, 6.45) is 12.2. The molecule has 0 amide bonds. The van der Waals surface area contributed by atoms with E-state index >= 15 is 0 Å². The van der Waals surface area contributed by atoms with E-state index in [9.17, 15) is 5.11 Å². The Kier molecular flexibility index (Phi) is 8.19. The molecule has 4 rings (SSSR count). The average molecular weight is 477 g/mol. The molecular weight excluding hydrogens is 436 g/mol. The highest BCUT2D eigenvalue weighted by molar-refractivity contribution is 6.09. The van der Waals surface area contributed by atoms with Crippen LogP contribution >= 0.6 is 0 Å². The van der Waals surface area contributed by atoms with E-state index in [1.54, 1.807) is 0 Å². The Labute approximate surface area is 210 Å². The van der Waals surface area contributed by atoms with E-state index in [0.717, 1.165) is 49.7 Å². The molecule has 188 valence electrons. The fourth-order valence-corrected chi connectivity index (χ4v) is 5.28. The van der Waals surface area contributed by atoms with E-state index in [0.29, 0.717) is 6.42 Å². The van der Waals surface area contributed by atoms with Crippen LogP contribution in [0.4, 0.5) is 0 Å². The number of hydrogen-bond donors (Lipinski definition) is 1. The molecule has 0 aromatic heterocycles. The summed E-state index contributed by atoms with van der Waals surface area (Å²) in [5, 5.41) is 17.4. The largest absolute Gasteiger partial charge is 0.378 e. The van der Waals surface area contributed by atoms with Crippen LogP contribution < -0.4 is 0 Å². The second kappa shape index (κ2) is 11.3. The maximum Gasteiger partial charge on any atom is 0.157 e. The van der Waals surface area contributed by atoms with Gasteiger partial charge in [0.25, 0.3) is 0 Å². The highest BCUT2D eigenvalue weighted by atomic mass is 16.3. The molecule has 0 bridgehead atoms. The Morgan fingerprint density at radius 3 is 2.71 bits per heavy atom. The van der Waals surface area contributed by atoms with Gasteiger partial charge in [-0.15, -0.1) is 0 Å². The molecule has 3 heterocycles. The molecule has 0 aliphatic carbocycles. The van der Waals surface area contributed by atoms with Crippen LogP contribution in [0.5, 0.6) is 0 Å². The van der Waals surface area contributed by atoms with E-state index in [-0.39, 0.29) is 17.5 Å². The summed E-state index contributed by atoms with van der Waals surface area (Å²) in [7, 11) is 4.13. The summed E-state index contributed by atoms with van der Waals surface area (Å²) in [6.45, 7) is 8.84. The number of hydrogen-bond acceptors (Lipinski definition) is 7. The normalized spacial score (nSPS) is 25.4. The summed E-state index contributed by atoms with van der Waals surface area (Å²) in [5.74, 6) is 1.94. The molecule has 7 nitrogen and oxygen atoms in total. The molecule has 3 aliphatic rings. The van der Waals surface area contributed by atoms with Crippen LogP contribution in [0.2, 0.25) is 0 Å². The number of amidine groups is 2. The SMILES string of the molecule is C=CC=CC(C)(CCC(O)N1CCCC1)N(C)C1=NC(c2ccccc2)=NC2CN(C)N=CCC12. The van der Waals surface area contributed by atoms with Crippen molar-refractivity contribution in [3.05, 3.63) is 60.7 Å². The van der Waals surface area contributed by atoms with Crippen LogP contribution in [0.1, 0.15) is 44.6 Å². The zero-order valence-corrected chi connectivity index (χ0v) is 21.4. The molecule has 4 unspecified atom stereocenters. The van der Waals surface area contributed by atoms with E-state index in [4.69, 9.17) is 9.98 Å². The minimum absolute atomic E-state index is 0.0653. The van der Waals surface area contributed by atoms with Gasteiger partial charge in [0.05, 0.1) is 18.1 Å². The zero-order chi connectivity index (χ0) is 24.8. The van der Waals surface area contributed by atoms with Crippen molar-refractivity contribution in [2.75, 3.05) is 33.7 Å². The Morgan fingerprint density at radius 1 is 1.26 bits per heavy atom. The predicted molar refractivity (Wildman–Crippen MR) is 145 cm³/mol. The van der Waals surface area contributed by atoms with Crippen molar-refractivity contribution < 1.29 is 5.11 Å². The summed E-state index contributed by atoms with van der Waals surface area (Å²) >= 11 is 0. The van der Waals surface area contributed by atoms with Gasteiger partial charge in [-0.1, -0.05) is 55.1 Å². The highest BCUT2D eigenvalue weighted by Crippen LogP contribution is 2.32. The number of hydrazone groups is 1. The van der Waals surface area contributed by atoms with Crippen molar-refractivity contribution >= 4 is 17.9 Å². The highest BCUT2D eigenvalue weighted by Gasteiger charge is 2.39. The first-order valence-electron chi connectivity index (χ1n) is 12.8. The Hall–Kier alpha value is -2.77. The Bertz CT molecular complexity index is 980. The maximum atomic E-state index is 10.9. The number of allylic oxidation sites excluding steroid dienone is 2. The molecule has 0 radical (unpaired) electrons. The number of aliphatic hydroxyl groups excluding tert-OH is 1. The molecule has 3 aliphatic heterocycles. The van der Waals surface area contributed by atoms with E-state index in [1.807, 2.05) is 48.6 Å². The van der Waals surface area contributed by atoms with E-state index in [2.05, 4.69) is 53.7 Å². The summed E-state index contributed by atoms with van der Waals surface area (Å²) in [6, 6.07) is 10.3. The van der Waals surface area contributed by atoms with Crippen LogP contribution in [0.25, 0.3) is 0 Å². The average Bonchev–Trinajstić information content (AvgIpc) is 3.35. The van der Waals surface area contributed by atoms with Crippen molar-refractivity contribution in [3.63, 3.8) is 0 Å². The molecule has 7 heteroatoms. The van der Waals surface area contributed by atoms with E-state index < -0.39 is 6.23 Å². The fraction of sp³-hybridized carbons (Fsp3) is 0.536. The summed E-state index contributed by atoms with van der Waals surface area (Å²) in [4.78, 5) is 14.8. The van der Waals surface area contributed by atoms with Crippen LogP contribution in [0.15, 0.2) is 70.2 Å². The van der Waals surface area contributed by atoms with E-state index in [1.165, 1.54) is 12.8 Å². The third-order valence-electron chi connectivity index (χ3n) is 7.60. The van der Waals surface area contributed by atoms with Crippen LogP contribution in [-0.2, 0) is 0 Å². The summed E-state index contributed by atoms with van der Waals surface area (Å²) < 4.78 is 0. The quantitative estimate of drug-likeness (QED) is 0.580. The predicted octanol–water partition coefficient (Wildman–Crippen LogP) is 3.78. The van der Waals surface area contributed by atoms with Crippen molar-refractivity contribution in [2.24, 2.45) is 21.0 Å². The van der Waals surface area contributed by atoms with Crippen LogP contribution in [-0.4, -0.2) is 89.3 Å². The van der Waals surface area contributed by atoms with Gasteiger partial charge in [0.2, 0.25) is 0 Å². The fourth-order valence-electron chi connectivity index (χ4n) is 5.28. The zero-order valence-electron chi connectivity index (χ0n) is 21.4. The number of rotatable bonds is 8. The topological polar surface area (TPSA) is 67.0 Å². The lowest BCUT2D eigenvalue weighted by atomic mass is 9.87. The molecule has 0 saturated carbocycles. The number of aliphatic imine (C=N–C) groups is 2. The molecular formula is C28H40N6O. The number of nitrogens with zero attached hydrogens (tertiary/aromatic N) is 6. The smallest absolute Gasteiger partial charge is 0.157 e. The molecule has 4 atom stereocenters. The van der Waals surface area contributed by atoms with Gasteiger partial charge in [-0.3, -0.25) is 14.9 Å². The second-order valence-electron chi connectivity index (χ2n) is 10.1. The first-order chi connectivity index (χ1) is 16.9. The van der Waals surface area contributed by atoms with Gasteiger partial charge >= 0.3 is 0 Å². The van der Waals surface area contributed by atoms with Gasteiger partial charge < -0.3 is 10.0 Å². The van der Waals surface area contributed by atoms with Gasteiger partial charge in [0.1, 0.15) is 12.1 Å². The van der Waals surface area contributed by atoms with Crippen molar-refractivity contribution in [1.82, 2.24) is 14.8 Å². The van der Waals surface area contributed by atoms with Gasteiger partial charge in [-0.2, -0.15) is 5.10 Å². The third kappa shape index (κ3) is 5.90. The standard InChI is InChI=1S/C28H40N6O/c1-5-6-16-28(2,17-14-25(35)34-19-10-11-20-34)33(4)27-23-15-18-29-32(3)21-24(23)30-26(31-27)22-12-8-7-9-13-22/h5-9,12-13,16,18,23-25,35H,1,10-11,14-15,17,19-21H2,2-4H3. The van der Waals surface area contributed by atoms with Crippen molar-refractivity contribution in [2.45, 2.75) is 56.8 Å². The van der Waals surface area contributed by atoms with Gasteiger partial charge in [-0.05, 0) is 39.0 Å². The molecule has 1 fully saturated rings. The molecule has 35 heavy (non-hydrogen) atoms. The van der Waals surface area contributed by atoms with Gasteiger partial charge in [0.15, 0.2) is 5.84 Å². The third-order valence-corrected chi connectivity index (χ3v) is 7.60. The maximum absolute atomic E-state index is 10.9. The lowest BCUT2D eigenvalue weighted by Crippen LogP contribution is -2.53. The number of aliphatic hydroxyl groups is 1. The second-order valence-corrected chi connectivity index (χ2v) is 10.1.